The number of amides is 1. The molecular formula is C27H24ClN5O5. The number of nitrogens with zero attached hydrogens (tertiary/aromatic N) is 3. The van der Waals surface area contributed by atoms with Crippen molar-refractivity contribution >= 4 is 34.8 Å². The minimum Gasteiger partial charge on any atom is -0.478 e. The Morgan fingerprint density at radius 3 is 2.82 bits per heavy atom. The Hall–Kier alpha value is -4.15. The van der Waals surface area contributed by atoms with Crippen molar-refractivity contribution in [3.63, 3.8) is 0 Å². The van der Waals surface area contributed by atoms with E-state index in [1.165, 1.54) is 6.20 Å². The molecular weight excluding hydrogens is 510 g/mol. The van der Waals surface area contributed by atoms with E-state index >= 15 is 0 Å². The number of fused-ring (bicyclic) bond motifs is 4. The molecule has 1 spiro atoms. The highest BCUT2D eigenvalue weighted by Crippen LogP contribution is 2.55. The molecule has 1 atom stereocenters. The predicted molar refractivity (Wildman–Crippen MR) is 141 cm³/mol. The third kappa shape index (κ3) is 4.21. The summed E-state index contributed by atoms with van der Waals surface area (Å²) in [5, 5.41) is 3.35. The number of halogens is 1. The minimum absolute atomic E-state index is 0.0671. The first-order valence-electron chi connectivity index (χ1n) is 12.1. The van der Waals surface area contributed by atoms with Gasteiger partial charge < -0.3 is 30.0 Å². The fraction of sp³-hybridized carbons (Fsp3) is 0.259. The van der Waals surface area contributed by atoms with Crippen molar-refractivity contribution in [1.29, 1.82) is 0 Å². The molecule has 194 valence electrons. The fourth-order valence-corrected chi connectivity index (χ4v) is 5.04. The lowest BCUT2D eigenvalue weighted by Gasteiger charge is -2.39. The number of methoxy groups -OCH3 is 1. The molecule has 5 heterocycles. The maximum Gasteiger partial charge on any atom is 0.283 e. The molecule has 3 N–H and O–H groups in total. The molecule has 3 aliphatic heterocycles. The molecule has 0 bridgehead atoms. The van der Waals surface area contributed by atoms with Crippen molar-refractivity contribution in [2.75, 3.05) is 32.2 Å². The second-order valence-electron chi connectivity index (χ2n) is 8.99. The molecule has 0 fully saturated rings. The first-order chi connectivity index (χ1) is 18.5. The Kier molecular flexibility index (Phi) is 6.13. The molecule has 38 heavy (non-hydrogen) atoms. The van der Waals surface area contributed by atoms with Gasteiger partial charge in [0.1, 0.15) is 17.0 Å². The van der Waals surface area contributed by atoms with E-state index in [1.54, 1.807) is 31.4 Å². The molecule has 1 amide bonds. The van der Waals surface area contributed by atoms with E-state index in [2.05, 4.69) is 10.3 Å². The van der Waals surface area contributed by atoms with Gasteiger partial charge in [0, 0.05) is 29.4 Å². The standard InChI is InChI=1S/C27H24ClN5O5/c1-35-25-23-19(13-21(32-25)15-6-9-36-10-7-15)27(8-11-37-26(29)33-27)18-12-17(3-5-22(18)38-23)31-24(34)20-4-2-16(28)14-30-20/h2-6,12-14H,7-11H2,1H3,(H2,29,33)(H,31,34)/t27-/m0/s1. The van der Waals surface area contributed by atoms with Crippen LogP contribution in [-0.2, 0) is 15.0 Å². The minimum atomic E-state index is -0.943. The Labute approximate surface area is 223 Å². The zero-order valence-corrected chi connectivity index (χ0v) is 21.2. The Morgan fingerprint density at radius 2 is 2.08 bits per heavy atom. The van der Waals surface area contributed by atoms with Gasteiger partial charge in [0.2, 0.25) is 0 Å². The molecule has 0 aliphatic carbocycles. The number of amidine groups is 1. The second kappa shape index (κ2) is 9.62. The maximum absolute atomic E-state index is 12.9. The third-order valence-corrected chi connectivity index (χ3v) is 6.97. The number of benzene rings is 1. The Balaban J connectivity index is 1.47. The number of aromatic nitrogens is 2. The number of hydrogen-bond acceptors (Lipinski definition) is 9. The lowest BCUT2D eigenvalue weighted by Crippen LogP contribution is -2.39. The molecule has 3 aliphatic rings. The van der Waals surface area contributed by atoms with E-state index in [0.29, 0.717) is 54.3 Å². The highest BCUT2D eigenvalue weighted by Gasteiger charge is 2.46. The summed E-state index contributed by atoms with van der Waals surface area (Å²) in [4.78, 5) is 26.5. The van der Waals surface area contributed by atoms with Crippen LogP contribution in [0.2, 0.25) is 5.02 Å². The number of nitrogens with two attached hydrogens (primary N) is 1. The summed E-state index contributed by atoms with van der Waals surface area (Å²) in [5.74, 6) is 0.998. The zero-order chi connectivity index (χ0) is 26.3. The van der Waals surface area contributed by atoms with Crippen LogP contribution in [0.3, 0.4) is 0 Å². The highest BCUT2D eigenvalue weighted by atomic mass is 35.5. The molecule has 6 rings (SSSR count). The van der Waals surface area contributed by atoms with Crippen molar-refractivity contribution in [2.45, 2.75) is 18.4 Å². The van der Waals surface area contributed by atoms with E-state index in [0.717, 1.165) is 28.8 Å². The van der Waals surface area contributed by atoms with Crippen LogP contribution in [0.1, 0.15) is 40.2 Å². The Bertz CT molecular complexity index is 1490. The number of aliphatic imine (C=N–C) groups is 1. The molecule has 1 aromatic carbocycles. The zero-order valence-electron chi connectivity index (χ0n) is 20.5. The van der Waals surface area contributed by atoms with Crippen molar-refractivity contribution in [3.05, 3.63) is 76.2 Å². The number of carbonyl (C=O) groups excluding carboxylic acids is 1. The van der Waals surface area contributed by atoms with Gasteiger partial charge in [-0.15, -0.1) is 0 Å². The molecule has 0 saturated heterocycles. The van der Waals surface area contributed by atoms with Gasteiger partial charge in [-0.25, -0.2) is 15.0 Å². The average molecular weight is 534 g/mol. The van der Waals surface area contributed by atoms with Crippen LogP contribution in [0.25, 0.3) is 5.57 Å². The molecule has 2 aromatic heterocycles. The van der Waals surface area contributed by atoms with Crippen LogP contribution >= 0.6 is 11.6 Å². The predicted octanol–water partition coefficient (Wildman–Crippen LogP) is 4.28. The maximum atomic E-state index is 12.9. The molecule has 11 heteroatoms. The molecule has 0 radical (unpaired) electrons. The van der Waals surface area contributed by atoms with E-state index in [-0.39, 0.29) is 17.6 Å². The van der Waals surface area contributed by atoms with Crippen LogP contribution < -0.4 is 20.5 Å². The first-order valence-corrected chi connectivity index (χ1v) is 12.4. The number of carbonyl (C=O) groups is 1. The van der Waals surface area contributed by atoms with Crippen molar-refractivity contribution in [1.82, 2.24) is 9.97 Å². The number of anilines is 1. The highest BCUT2D eigenvalue weighted by molar-refractivity contribution is 6.30. The SMILES string of the molecule is COc1nc(C2=CCOCC2)cc2c1Oc1ccc(NC(=O)c3ccc(Cl)cn3)cc1[C@@]21CCOC(N)=N1. The summed E-state index contributed by atoms with van der Waals surface area (Å²) in [7, 11) is 1.56. The van der Waals surface area contributed by atoms with Gasteiger partial charge in [0.05, 0.1) is 37.6 Å². The molecule has 3 aromatic rings. The quantitative estimate of drug-likeness (QED) is 0.508. The van der Waals surface area contributed by atoms with E-state index in [1.807, 2.05) is 18.2 Å². The van der Waals surface area contributed by atoms with Gasteiger partial charge in [-0.2, -0.15) is 0 Å². The Morgan fingerprint density at radius 1 is 1.18 bits per heavy atom. The van der Waals surface area contributed by atoms with Crippen LogP contribution in [0.15, 0.2) is 53.7 Å². The summed E-state index contributed by atoms with van der Waals surface area (Å²) in [6, 6.07) is 10.6. The summed E-state index contributed by atoms with van der Waals surface area (Å²) in [6.07, 6.45) is 4.66. The number of pyridine rings is 2. The number of nitrogens with one attached hydrogen (secondary N) is 1. The van der Waals surface area contributed by atoms with Crippen LogP contribution in [0.5, 0.6) is 17.4 Å². The van der Waals surface area contributed by atoms with Crippen LogP contribution in [-0.4, -0.2) is 48.8 Å². The second-order valence-corrected chi connectivity index (χ2v) is 9.42. The fourth-order valence-electron chi connectivity index (χ4n) is 4.93. The smallest absolute Gasteiger partial charge is 0.283 e. The van der Waals surface area contributed by atoms with Crippen LogP contribution in [0, 0.1) is 0 Å². The summed E-state index contributed by atoms with van der Waals surface area (Å²) in [6.45, 7) is 1.48. The third-order valence-electron chi connectivity index (χ3n) is 6.74. The molecule has 0 unspecified atom stereocenters. The molecule has 10 nitrogen and oxygen atoms in total. The summed E-state index contributed by atoms with van der Waals surface area (Å²) < 4.78 is 23.0. The number of hydrogen-bond donors (Lipinski definition) is 2. The van der Waals surface area contributed by atoms with Crippen LogP contribution in [0.4, 0.5) is 5.69 Å². The average Bonchev–Trinajstić information content (AvgIpc) is 2.94. The topological polar surface area (TPSA) is 130 Å². The van der Waals surface area contributed by atoms with Gasteiger partial charge >= 0.3 is 0 Å². The lowest BCUT2D eigenvalue weighted by molar-refractivity contribution is 0.102. The number of rotatable bonds is 4. The monoisotopic (exact) mass is 533 g/mol. The van der Waals surface area contributed by atoms with Gasteiger partial charge in [-0.3, -0.25) is 4.79 Å². The van der Waals surface area contributed by atoms with Gasteiger partial charge in [-0.05, 0) is 48.4 Å². The normalized spacial score (nSPS) is 19.7. The first kappa shape index (κ1) is 24.2. The van der Waals surface area contributed by atoms with Crippen molar-refractivity contribution in [3.8, 4) is 17.4 Å². The number of ether oxygens (including phenoxy) is 4. The van der Waals surface area contributed by atoms with E-state index < -0.39 is 5.54 Å². The van der Waals surface area contributed by atoms with Gasteiger partial charge in [-0.1, -0.05) is 17.7 Å². The van der Waals surface area contributed by atoms with Gasteiger partial charge in [0.15, 0.2) is 5.75 Å². The summed E-state index contributed by atoms with van der Waals surface area (Å²) >= 11 is 5.91. The van der Waals surface area contributed by atoms with E-state index in [9.17, 15) is 4.79 Å². The summed E-state index contributed by atoms with van der Waals surface area (Å²) in [5.41, 5.74) is 9.28. The molecule has 0 saturated carbocycles. The largest absolute Gasteiger partial charge is 0.478 e. The van der Waals surface area contributed by atoms with E-state index in [4.69, 9.17) is 46.3 Å². The lowest BCUT2D eigenvalue weighted by atomic mass is 9.77. The van der Waals surface area contributed by atoms with Crippen molar-refractivity contribution in [2.24, 2.45) is 10.7 Å². The van der Waals surface area contributed by atoms with Crippen molar-refractivity contribution < 1.29 is 23.7 Å². The van der Waals surface area contributed by atoms with Gasteiger partial charge in [0.25, 0.3) is 17.8 Å².